The van der Waals surface area contributed by atoms with Crippen LogP contribution in [0.2, 0.25) is 10.3 Å². The minimum absolute atomic E-state index is 0.0207. The molecule has 16 heavy (non-hydrogen) atoms. The number of rotatable bonds is 1. The van der Waals surface area contributed by atoms with Crippen molar-refractivity contribution in [2.45, 2.75) is 0 Å². The summed E-state index contributed by atoms with van der Waals surface area (Å²) in [6, 6.07) is 4.48. The highest BCUT2D eigenvalue weighted by molar-refractivity contribution is 6.31. The number of hydrogen-bond acceptors (Lipinski definition) is 4. The standard InChI is InChI=1S/C9H5Cl2FN4/c10-5-3-1-2-4(6(5)12)7-14-8(11)16-9(13)15-7/h1-3H,(H2,13,14,15,16). The summed E-state index contributed by atoms with van der Waals surface area (Å²) in [4.78, 5) is 11.1. The second-order valence-corrected chi connectivity index (χ2v) is 3.63. The number of benzene rings is 1. The molecular weight excluding hydrogens is 254 g/mol. The number of nitrogen functional groups attached to an aromatic ring is 1. The van der Waals surface area contributed by atoms with Crippen LogP contribution < -0.4 is 5.73 Å². The lowest BCUT2D eigenvalue weighted by molar-refractivity contribution is 0.630. The molecule has 0 atom stereocenters. The Labute approximate surface area is 100 Å². The molecule has 0 aliphatic heterocycles. The minimum atomic E-state index is -0.620. The van der Waals surface area contributed by atoms with Gasteiger partial charge < -0.3 is 5.73 Å². The molecule has 1 aromatic heterocycles. The summed E-state index contributed by atoms with van der Waals surface area (Å²) >= 11 is 11.2. The number of anilines is 1. The lowest BCUT2D eigenvalue weighted by Gasteiger charge is -2.03. The van der Waals surface area contributed by atoms with E-state index < -0.39 is 5.82 Å². The summed E-state index contributed by atoms with van der Waals surface area (Å²) in [5, 5.41) is -0.116. The highest BCUT2D eigenvalue weighted by Crippen LogP contribution is 2.25. The van der Waals surface area contributed by atoms with Crippen LogP contribution in [0.3, 0.4) is 0 Å². The van der Waals surface area contributed by atoms with Gasteiger partial charge in [0.1, 0.15) is 0 Å². The van der Waals surface area contributed by atoms with E-state index in [0.29, 0.717) is 0 Å². The molecule has 82 valence electrons. The fourth-order valence-electron chi connectivity index (χ4n) is 1.16. The van der Waals surface area contributed by atoms with Crippen molar-refractivity contribution >= 4 is 29.2 Å². The lowest BCUT2D eigenvalue weighted by Crippen LogP contribution is -2.01. The zero-order valence-corrected chi connectivity index (χ0v) is 9.30. The molecule has 2 rings (SSSR count). The van der Waals surface area contributed by atoms with Crippen molar-refractivity contribution in [1.29, 1.82) is 0 Å². The van der Waals surface area contributed by atoms with Crippen LogP contribution >= 0.6 is 23.2 Å². The Bertz CT molecular complexity index is 527. The van der Waals surface area contributed by atoms with Gasteiger partial charge in [0.15, 0.2) is 11.6 Å². The third-order valence-electron chi connectivity index (χ3n) is 1.82. The Kier molecular flexibility index (Phi) is 2.89. The first-order valence-electron chi connectivity index (χ1n) is 4.19. The molecule has 0 aliphatic carbocycles. The Balaban J connectivity index is 2.63. The van der Waals surface area contributed by atoms with Crippen molar-refractivity contribution in [3.05, 3.63) is 34.3 Å². The maximum atomic E-state index is 13.6. The van der Waals surface area contributed by atoms with E-state index in [1.54, 1.807) is 6.07 Å². The first-order chi connectivity index (χ1) is 7.58. The van der Waals surface area contributed by atoms with Crippen molar-refractivity contribution in [3.63, 3.8) is 0 Å². The van der Waals surface area contributed by atoms with Gasteiger partial charge in [0.25, 0.3) is 0 Å². The van der Waals surface area contributed by atoms with Gasteiger partial charge in [0, 0.05) is 0 Å². The normalized spacial score (nSPS) is 10.4. The summed E-state index contributed by atoms with van der Waals surface area (Å²) in [5.74, 6) is -0.641. The predicted molar refractivity (Wildman–Crippen MR) is 59.7 cm³/mol. The molecule has 0 aliphatic rings. The molecule has 0 saturated carbocycles. The fourth-order valence-corrected chi connectivity index (χ4v) is 1.50. The van der Waals surface area contributed by atoms with E-state index in [0.717, 1.165) is 0 Å². The highest BCUT2D eigenvalue weighted by Gasteiger charge is 2.12. The zero-order chi connectivity index (χ0) is 11.7. The van der Waals surface area contributed by atoms with Gasteiger partial charge in [0.05, 0.1) is 10.6 Å². The third-order valence-corrected chi connectivity index (χ3v) is 2.28. The topological polar surface area (TPSA) is 64.7 Å². The van der Waals surface area contributed by atoms with E-state index in [-0.39, 0.29) is 27.6 Å². The number of nitrogens with two attached hydrogens (primary N) is 1. The molecule has 1 aromatic carbocycles. The molecule has 0 radical (unpaired) electrons. The summed E-state index contributed by atoms with van der Waals surface area (Å²) < 4.78 is 13.6. The Morgan fingerprint density at radius 3 is 2.56 bits per heavy atom. The van der Waals surface area contributed by atoms with Crippen LogP contribution in [0.5, 0.6) is 0 Å². The Morgan fingerprint density at radius 1 is 1.12 bits per heavy atom. The molecule has 7 heteroatoms. The predicted octanol–water partition coefficient (Wildman–Crippen LogP) is 2.57. The van der Waals surface area contributed by atoms with Crippen LogP contribution in [0.1, 0.15) is 0 Å². The molecule has 4 nitrogen and oxygen atoms in total. The van der Waals surface area contributed by atoms with Gasteiger partial charge in [-0.15, -0.1) is 0 Å². The van der Waals surface area contributed by atoms with Crippen LogP contribution in [0.25, 0.3) is 11.4 Å². The fraction of sp³-hybridized carbons (Fsp3) is 0. The van der Waals surface area contributed by atoms with Crippen LogP contribution in [-0.2, 0) is 0 Å². The molecule has 0 saturated heterocycles. The second-order valence-electron chi connectivity index (χ2n) is 2.89. The number of aromatic nitrogens is 3. The van der Waals surface area contributed by atoms with Crippen molar-refractivity contribution in [2.24, 2.45) is 0 Å². The van der Waals surface area contributed by atoms with E-state index in [4.69, 9.17) is 28.9 Å². The van der Waals surface area contributed by atoms with Crippen LogP contribution in [0.4, 0.5) is 10.3 Å². The number of halogens is 3. The van der Waals surface area contributed by atoms with Crippen molar-refractivity contribution in [2.75, 3.05) is 5.73 Å². The molecule has 0 amide bonds. The first-order valence-corrected chi connectivity index (χ1v) is 4.95. The van der Waals surface area contributed by atoms with Gasteiger partial charge in [-0.05, 0) is 23.7 Å². The SMILES string of the molecule is Nc1nc(Cl)nc(-c2cccc(Cl)c2F)n1. The summed E-state index contributed by atoms with van der Waals surface area (Å²) in [6.45, 7) is 0. The largest absolute Gasteiger partial charge is 0.368 e. The van der Waals surface area contributed by atoms with Crippen LogP contribution in [0, 0.1) is 5.82 Å². The van der Waals surface area contributed by atoms with E-state index in [1.807, 2.05) is 0 Å². The molecule has 2 N–H and O–H groups in total. The van der Waals surface area contributed by atoms with Gasteiger partial charge >= 0.3 is 0 Å². The van der Waals surface area contributed by atoms with Gasteiger partial charge in [-0.2, -0.15) is 15.0 Å². The second kappa shape index (κ2) is 4.19. The lowest BCUT2D eigenvalue weighted by atomic mass is 10.2. The molecule has 1 heterocycles. The molecule has 0 fully saturated rings. The van der Waals surface area contributed by atoms with Crippen LogP contribution in [-0.4, -0.2) is 15.0 Å². The molecule has 0 spiro atoms. The van der Waals surface area contributed by atoms with Gasteiger partial charge in [-0.25, -0.2) is 4.39 Å². The molecule has 2 aromatic rings. The van der Waals surface area contributed by atoms with Crippen molar-refractivity contribution in [1.82, 2.24) is 15.0 Å². The summed E-state index contributed by atoms with van der Waals surface area (Å²) in [5.41, 5.74) is 5.51. The van der Waals surface area contributed by atoms with E-state index >= 15 is 0 Å². The Morgan fingerprint density at radius 2 is 1.88 bits per heavy atom. The van der Waals surface area contributed by atoms with Crippen molar-refractivity contribution < 1.29 is 4.39 Å². The number of nitrogens with zero attached hydrogens (tertiary/aromatic N) is 3. The molecule has 0 bridgehead atoms. The van der Waals surface area contributed by atoms with Gasteiger partial charge in [-0.3, -0.25) is 0 Å². The average molecular weight is 259 g/mol. The zero-order valence-electron chi connectivity index (χ0n) is 7.78. The van der Waals surface area contributed by atoms with Gasteiger partial charge in [0.2, 0.25) is 11.2 Å². The Hall–Kier alpha value is -1.46. The average Bonchev–Trinajstić information content (AvgIpc) is 2.20. The van der Waals surface area contributed by atoms with Crippen molar-refractivity contribution in [3.8, 4) is 11.4 Å². The maximum absolute atomic E-state index is 13.6. The van der Waals surface area contributed by atoms with Crippen LogP contribution in [0.15, 0.2) is 18.2 Å². The highest BCUT2D eigenvalue weighted by atomic mass is 35.5. The quantitative estimate of drug-likeness (QED) is 0.854. The van der Waals surface area contributed by atoms with E-state index in [2.05, 4.69) is 15.0 Å². The first kappa shape index (κ1) is 11.0. The molecular formula is C9H5Cl2FN4. The number of hydrogen-bond donors (Lipinski definition) is 1. The monoisotopic (exact) mass is 258 g/mol. The third kappa shape index (κ3) is 2.05. The smallest absolute Gasteiger partial charge is 0.227 e. The molecule has 0 unspecified atom stereocenters. The van der Waals surface area contributed by atoms with E-state index in [9.17, 15) is 4.39 Å². The summed E-state index contributed by atoms with van der Waals surface area (Å²) in [6.07, 6.45) is 0. The maximum Gasteiger partial charge on any atom is 0.227 e. The summed E-state index contributed by atoms with van der Waals surface area (Å²) in [7, 11) is 0. The minimum Gasteiger partial charge on any atom is -0.368 e. The van der Waals surface area contributed by atoms with Gasteiger partial charge in [-0.1, -0.05) is 17.7 Å². The van der Waals surface area contributed by atoms with E-state index in [1.165, 1.54) is 12.1 Å².